The SMILES string of the molecule is Cc1ncc(COP(=O)(O)O)c(CN(CCN)c2cccc3ccccc23)c1O. The number of aromatic nitrogens is 1. The smallest absolute Gasteiger partial charge is 0.469 e. The molecule has 0 aliphatic rings. The molecule has 0 spiro atoms. The van der Waals surface area contributed by atoms with Gasteiger partial charge < -0.3 is 25.5 Å². The zero-order chi connectivity index (χ0) is 21.0. The van der Waals surface area contributed by atoms with E-state index in [4.69, 9.17) is 15.5 Å². The van der Waals surface area contributed by atoms with Crippen LogP contribution in [-0.4, -0.2) is 33.0 Å². The molecule has 0 fully saturated rings. The van der Waals surface area contributed by atoms with E-state index in [2.05, 4.69) is 9.51 Å². The predicted molar refractivity (Wildman–Crippen MR) is 112 cm³/mol. The van der Waals surface area contributed by atoms with Gasteiger partial charge in [0.1, 0.15) is 5.75 Å². The summed E-state index contributed by atoms with van der Waals surface area (Å²) in [5.41, 5.74) is 8.11. The minimum Gasteiger partial charge on any atom is -0.506 e. The number of anilines is 1. The highest BCUT2D eigenvalue weighted by Gasteiger charge is 2.20. The largest absolute Gasteiger partial charge is 0.506 e. The number of aromatic hydroxyl groups is 1. The lowest BCUT2D eigenvalue weighted by Gasteiger charge is -2.27. The van der Waals surface area contributed by atoms with Gasteiger partial charge in [-0.1, -0.05) is 36.4 Å². The number of nitrogens with zero attached hydrogens (tertiary/aromatic N) is 2. The van der Waals surface area contributed by atoms with Gasteiger partial charge in [-0.15, -0.1) is 0 Å². The fourth-order valence-electron chi connectivity index (χ4n) is 3.25. The van der Waals surface area contributed by atoms with E-state index in [1.165, 1.54) is 6.20 Å². The van der Waals surface area contributed by atoms with Gasteiger partial charge in [0, 0.05) is 48.0 Å². The van der Waals surface area contributed by atoms with Gasteiger partial charge in [-0.05, 0) is 18.4 Å². The molecule has 0 unspecified atom stereocenters. The first-order chi connectivity index (χ1) is 13.8. The van der Waals surface area contributed by atoms with Crippen LogP contribution >= 0.6 is 7.82 Å². The Morgan fingerprint density at radius 2 is 1.90 bits per heavy atom. The van der Waals surface area contributed by atoms with Crippen molar-refractivity contribution in [1.82, 2.24) is 4.98 Å². The van der Waals surface area contributed by atoms with Crippen molar-refractivity contribution < 1.29 is 24.0 Å². The molecule has 0 aliphatic carbocycles. The zero-order valence-corrected chi connectivity index (χ0v) is 16.9. The first kappa shape index (κ1) is 21.2. The highest BCUT2D eigenvalue weighted by atomic mass is 31.2. The van der Waals surface area contributed by atoms with Gasteiger partial charge in [0.15, 0.2) is 0 Å². The summed E-state index contributed by atoms with van der Waals surface area (Å²) in [4.78, 5) is 24.2. The van der Waals surface area contributed by atoms with Crippen molar-refractivity contribution in [2.24, 2.45) is 5.73 Å². The summed E-state index contributed by atoms with van der Waals surface area (Å²) in [5, 5.41) is 12.7. The standard InChI is InChI=1S/C20H24N3O5P/c1-14-20(24)18(16(11-22-14)13-28-29(25,26)27)12-23(10-9-21)19-8-4-6-15-5-2-3-7-17(15)19/h2-8,11,24H,9-10,12-13,21H2,1H3,(H2,25,26,27). The van der Waals surface area contributed by atoms with E-state index in [1.807, 2.05) is 47.4 Å². The molecule has 0 saturated heterocycles. The first-order valence-electron chi connectivity index (χ1n) is 9.09. The summed E-state index contributed by atoms with van der Waals surface area (Å²) in [6, 6.07) is 13.9. The Morgan fingerprint density at radius 1 is 1.17 bits per heavy atom. The molecule has 0 radical (unpaired) electrons. The molecule has 5 N–H and O–H groups in total. The van der Waals surface area contributed by atoms with Crippen LogP contribution in [0.25, 0.3) is 10.8 Å². The molecule has 1 aromatic heterocycles. The topological polar surface area (TPSA) is 129 Å². The maximum Gasteiger partial charge on any atom is 0.469 e. The van der Waals surface area contributed by atoms with E-state index < -0.39 is 7.82 Å². The molecule has 2 aromatic carbocycles. The molecule has 0 saturated carbocycles. The minimum atomic E-state index is -4.66. The third kappa shape index (κ3) is 5.12. The molecule has 0 bridgehead atoms. The molecule has 8 nitrogen and oxygen atoms in total. The van der Waals surface area contributed by atoms with Crippen LogP contribution in [0.1, 0.15) is 16.8 Å². The first-order valence-corrected chi connectivity index (χ1v) is 10.6. The summed E-state index contributed by atoms with van der Waals surface area (Å²) in [7, 11) is -4.66. The molecule has 1 heterocycles. The van der Waals surface area contributed by atoms with Gasteiger partial charge in [-0.25, -0.2) is 4.57 Å². The predicted octanol–water partition coefficient (Wildman–Crippen LogP) is 2.82. The second-order valence-electron chi connectivity index (χ2n) is 6.67. The van der Waals surface area contributed by atoms with Crippen LogP contribution in [0.5, 0.6) is 5.75 Å². The Bertz CT molecular complexity index is 1050. The Hall–Kier alpha value is -2.48. The monoisotopic (exact) mass is 417 g/mol. The van der Waals surface area contributed by atoms with Gasteiger partial charge in [-0.3, -0.25) is 9.51 Å². The summed E-state index contributed by atoms with van der Waals surface area (Å²) in [5.74, 6) is -0.0286. The zero-order valence-electron chi connectivity index (χ0n) is 16.0. The molecule has 3 aromatic rings. The van der Waals surface area contributed by atoms with Crippen LogP contribution in [0.4, 0.5) is 5.69 Å². The molecule has 0 amide bonds. The maximum atomic E-state index is 11.1. The number of hydrogen-bond donors (Lipinski definition) is 4. The Kier molecular flexibility index (Phi) is 6.52. The fourth-order valence-corrected chi connectivity index (χ4v) is 3.56. The van der Waals surface area contributed by atoms with Gasteiger partial charge in [0.25, 0.3) is 0 Å². The van der Waals surface area contributed by atoms with Crippen LogP contribution in [-0.2, 0) is 22.2 Å². The Labute approximate surface area is 168 Å². The third-order valence-corrected chi connectivity index (χ3v) is 5.14. The number of benzene rings is 2. The van der Waals surface area contributed by atoms with Gasteiger partial charge >= 0.3 is 7.82 Å². The molecule has 3 rings (SSSR count). The van der Waals surface area contributed by atoms with Crippen LogP contribution in [0, 0.1) is 6.92 Å². The lowest BCUT2D eigenvalue weighted by Crippen LogP contribution is -2.29. The summed E-state index contributed by atoms with van der Waals surface area (Å²) >= 11 is 0. The van der Waals surface area contributed by atoms with E-state index in [-0.39, 0.29) is 18.9 Å². The molecular weight excluding hydrogens is 393 g/mol. The quantitative estimate of drug-likeness (QED) is 0.412. The third-order valence-electron chi connectivity index (χ3n) is 4.67. The lowest BCUT2D eigenvalue weighted by molar-refractivity contribution is 0.188. The van der Waals surface area contributed by atoms with E-state index in [1.54, 1.807) is 6.92 Å². The average molecular weight is 417 g/mol. The van der Waals surface area contributed by atoms with Gasteiger partial charge in [0.2, 0.25) is 0 Å². The fraction of sp³-hybridized carbons (Fsp3) is 0.250. The van der Waals surface area contributed by atoms with Gasteiger partial charge in [0.05, 0.1) is 12.3 Å². The number of phosphoric ester groups is 1. The number of phosphoric acid groups is 1. The molecule has 29 heavy (non-hydrogen) atoms. The van der Waals surface area contributed by atoms with Crippen molar-refractivity contribution in [3.63, 3.8) is 0 Å². The number of fused-ring (bicyclic) bond motifs is 1. The number of aryl methyl sites for hydroxylation is 1. The van der Waals surface area contributed by atoms with Crippen LogP contribution in [0.15, 0.2) is 48.7 Å². The van der Waals surface area contributed by atoms with Crippen molar-refractivity contribution in [3.05, 3.63) is 65.5 Å². The normalized spacial score (nSPS) is 11.7. The van der Waals surface area contributed by atoms with E-state index in [0.29, 0.717) is 29.9 Å². The van der Waals surface area contributed by atoms with Crippen molar-refractivity contribution >= 4 is 24.3 Å². The van der Waals surface area contributed by atoms with E-state index >= 15 is 0 Å². The minimum absolute atomic E-state index is 0.0286. The summed E-state index contributed by atoms with van der Waals surface area (Å²) in [6.45, 7) is 2.49. The Morgan fingerprint density at radius 3 is 2.62 bits per heavy atom. The van der Waals surface area contributed by atoms with Crippen LogP contribution < -0.4 is 10.6 Å². The molecule has 154 valence electrons. The van der Waals surface area contributed by atoms with Crippen molar-refractivity contribution in [3.8, 4) is 5.75 Å². The number of hydrogen-bond acceptors (Lipinski definition) is 6. The second-order valence-corrected chi connectivity index (χ2v) is 7.91. The maximum absolute atomic E-state index is 11.1. The van der Waals surface area contributed by atoms with Gasteiger partial charge in [-0.2, -0.15) is 0 Å². The highest BCUT2D eigenvalue weighted by molar-refractivity contribution is 7.46. The van der Waals surface area contributed by atoms with Crippen molar-refractivity contribution in [2.45, 2.75) is 20.1 Å². The molecule has 9 heteroatoms. The Balaban J connectivity index is 2.02. The van der Waals surface area contributed by atoms with E-state index in [9.17, 15) is 9.67 Å². The number of nitrogens with two attached hydrogens (primary N) is 1. The summed E-state index contributed by atoms with van der Waals surface area (Å²) < 4.78 is 15.8. The highest BCUT2D eigenvalue weighted by Crippen LogP contribution is 2.38. The van der Waals surface area contributed by atoms with Crippen molar-refractivity contribution in [1.29, 1.82) is 0 Å². The second kappa shape index (κ2) is 8.90. The number of pyridine rings is 1. The lowest BCUT2D eigenvalue weighted by atomic mass is 10.0. The van der Waals surface area contributed by atoms with E-state index in [0.717, 1.165) is 16.5 Å². The van der Waals surface area contributed by atoms with Crippen molar-refractivity contribution in [2.75, 3.05) is 18.0 Å². The van der Waals surface area contributed by atoms with Crippen LogP contribution in [0.2, 0.25) is 0 Å². The number of rotatable bonds is 8. The molecular formula is C20H24N3O5P. The average Bonchev–Trinajstić information content (AvgIpc) is 2.69. The van der Waals surface area contributed by atoms with Crippen LogP contribution in [0.3, 0.4) is 0 Å². The molecule has 0 atom stereocenters. The molecule has 0 aliphatic heterocycles. The summed E-state index contributed by atoms with van der Waals surface area (Å²) in [6.07, 6.45) is 1.46.